The molecule has 0 saturated carbocycles. The van der Waals surface area contributed by atoms with Gasteiger partial charge in [0.25, 0.3) is 10.0 Å². The minimum atomic E-state index is -3.75. The summed E-state index contributed by atoms with van der Waals surface area (Å²) in [6.45, 7) is 0. The molecule has 0 spiro atoms. The van der Waals surface area contributed by atoms with Gasteiger partial charge in [0.05, 0.1) is 4.90 Å². The summed E-state index contributed by atoms with van der Waals surface area (Å²) >= 11 is 4.36. The lowest BCUT2D eigenvalue weighted by Gasteiger charge is -2.05. The van der Waals surface area contributed by atoms with Crippen LogP contribution in [0.1, 0.15) is 10.4 Å². The average molecular weight is 445 g/mol. The second kappa shape index (κ2) is 7.19. The molecule has 1 N–H and O–H groups in total. The summed E-state index contributed by atoms with van der Waals surface area (Å²) in [5, 5.41) is 0.206. The number of anilines is 1. The monoisotopic (exact) mass is 444 g/mol. The summed E-state index contributed by atoms with van der Waals surface area (Å²) in [4.78, 5) is 4.86. The minimum absolute atomic E-state index is 0.110. The molecule has 130 valence electrons. The summed E-state index contributed by atoms with van der Waals surface area (Å²) in [7, 11) is -3.75. The molecule has 0 radical (unpaired) electrons. The van der Waals surface area contributed by atoms with E-state index in [0.717, 1.165) is 28.3 Å². The molecule has 0 unspecified atom stereocenters. The molecular formula is C16H11BrF2N2O2S2. The van der Waals surface area contributed by atoms with Crippen LogP contribution in [-0.2, 0) is 16.4 Å². The van der Waals surface area contributed by atoms with Crippen molar-refractivity contribution < 1.29 is 17.2 Å². The van der Waals surface area contributed by atoms with Gasteiger partial charge in [-0.25, -0.2) is 22.2 Å². The number of nitrogens with zero attached hydrogens (tertiary/aromatic N) is 1. The summed E-state index contributed by atoms with van der Waals surface area (Å²) in [5.74, 6) is -1.83. The van der Waals surface area contributed by atoms with E-state index in [-0.39, 0.29) is 10.0 Å². The Morgan fingerprint density at radius 3 is 2.64 bits per heavy atom. The van der Waals surface area contributed by atoms with Gasteiger partial charge in [0.15, 0.2) is 16.8 Å². The van der Waals surface area contributed by atoms with Crippen molar-refractivity contribution in [1.82, 2.24) is 4.98 Å². The Bertz CT molecular complexity index is 1020. The van der Waals surface area contributed by atoms with E-state index in [9.17, 15) is 17.2 Å². The fourth-order valence-electron chi connectivity index (χ4n) is 2.10. The molecule has 3 rings (SSSR count). The van der Waals surface area contributed by atoms with Gasteiger partial charge in [-0.2, -0.15) is 0 Å². The van der Waals surface area contributed by atoms with Gasteiger partial charge in [-0.15, -0.1) is 11.3 Å². The molecule has 0 aliphatic carbocycles. The number of thiazole rings is 1. The average Bonchev–Trinajstić information content (AvgIpc) is 2.97. The van der Waals surface area contributed by atoms with Gasteiger partial charge in [0, 0.05) is 22.0 Å². The van der Waals surface area contributed by atoms with Gasteiger partial charge in [-0.1, -0.05) is 28.1 Å². The SMILES string of the molecule is O=S(=O)(Nc1ncc(Cc2ccc(F)c(F)c2)s1)c1cccc(Br)c1. The van der Waals surface area contributed by atoms with Crippen LogP contribution in [0.25, 0.3) is 0 Å². The normalized spacial score (nSPS) is 11.5. The van der Waals surface area contributed by atoms with Gasteiger partial charge in [0.2, 0.25) is 0 Å². The van der Waals surface area contributed by atoms with Gasteiger partial charge in [-0.3, -0.25) is 4.72 Å². The molecule has 0 aliphatic rings. The molecule has 9 heteroatoms. The Balaban J connectivity index is 1.76. The van der Waals surface area contributed by atoms with E-state index in [0.29, 0.717) is 16.5 Å². The number of rotatable bonds is 5. The lowest BCUT2D eigenvalue weighted by molar-refractivity contribution is 0.507. The van der Waals surface area contributed by atoms with Gasteiger partial charge < -0.3 is 0 Å². The second-order valence-electron chi connectivity index (χ2n) is 5.12. The van der Waals surface area contributed by atoms with Crippen molar-refractivity contribution in [2.45, 2.75) is 11.3 Å². The zero-order chi connectivity index (χ0) is 18.0. The Morgan fingerprint density at radius 1 is 1.12 bits per heavy atom. The lowest BCUT2D eigenvalue weighted by atomic mass is 10.1. The molecular weight excluding hydrogens is 434 g/mol. The smallest absolute Gasteiger partial charge is 0.255 e. The predicted molar refractivity (Wildman–Crippen MR) is 96.2 cm³/mol. The van der Waals surface area contributed by atoms with Crippen molar-refractivity contribution >= 4 is 42.4 Å². The van der Waals surface area contributed by atoms with Crippen molar-refractivity contribution in [2.75, 3.05) is 4.72 Å². The first-order valence-electron chi connectivity index (χ1n) is 7.00. The Hall–Kier alpha value is -1.84. The van der Waals surface area contributed by atoms with E-state index in [1.165, 1.54) is 24.4 Å². The maximum absolute atomic E-state index is 13.2. The lowest BCUT2D eigenvalue weighted by Crippen LogP contribution is -2.12. The van der Waals surface area contributed by atoms with E-state index >= 15 is 0 Å². The number of sulfonamides is 1. The van der Waals surface area contributed by atoms with Crippen LogP contribution >= 0.6 is 27.3 Å². The number of nitrogens with one attached hydrogen (secondary N) is 1. The first-order valence-corrected chi connectivity index (χ1v) is 10.1. The van der Waals surface area contributed by atoms with Crippen LogP contribution in [0.3, 0.4) is 0 Å². The molecule has 2 aromatic carbocycles. The molecule has 0 aliphatic heterocycles. The van der Waals surface area contributed by atoms with Gasteiger partial charge in [0.1, 0.15) is 0 Å². The highest BCUT2D eigenvalue weighted by Gasteiger charge is 2.16. The first-order chi connectivity index (χ1) is 11.8. The van der Waals surface area contributed by atoms with Crippen LogP contribution in [0.4, 0.5) is 13.9 Å². The highest BCUT2D eigenvalue weighted by atomic mass is 79.9. The molecule has 4 nitrogen and oxygen atoms in total. The number of benzene rings is 2. The molecule has 1 heterocycles. The third-order valence-corrected chi connectivity index (χ3v) is 6.12. The number of aromatic nitrogens is 1. The zero-order valence-corrected chi connectivity index (χ0v) is 15.8. The standard InChI is InChI=1S/C16H11BrF2N2O2S2/c17-11-2-1-3-13(8-11)25(22,23)21-16-20-9-12(24-16)6-10-4-5-14(18)15(19)7-10/h1-5,7-9H,6H2,(H,20,21). The molecule has 0 fully saturated rings. The third-order valence-electron chi connectivity index (χ3n) is 3.24. The van der Waals surface area contributed by atoms with E-state index in [1.807, 2.05) is 0 Å². The third kappa shape index (κ3) is 4.42. The van der Waals surface area contributed by atoms with Crippen LogP contribution in [-0.4, -0.2) is 13.4 Å². The molecule has 0 bridgehead atoms. The van der Waals surface area contributed by atoms with Crippen molar-refractivity contribution in [1.29, 1.82) is 0 Å². The summed E-state index contributed by atoms with van der Waals surface area (Å²) in [5.41, 5.74) is 0.573. The molecule has 0 amide bonds. The Kier molecular flexibility index (Phi) is 5.16. The Labute approximate surface area is 155 Å². The first kappa shape index (κ1) is 18.0. The number of hydrogen-bond acceptors (Lipinski definition) is 4. The second-order valence-corrected chi connectivity index (χ2v) is 8.83. The van der Waals surface area contributed by atoms with E-state index in [1.54, 1.807) is 12.1 Å². The maximum atomic E-state index is 13.2. The quantitative estimate of drug-likeness (QED) is 0.626. The van der Waals surface area contributed by atoms with Crippen LogP contribution < -0.4 is 4.72 Å². The molecule has 25 heavy (non-hydrogen) atoms. The number of hydrogen-bond donors (Lipinski definition) is 1. The highest BCUT2D eigenvalue weighted by Crippen LogP contribution is 2.25. The minimum Gasteiger partial charge on any atom is -0.255 e. The van der Waals surface area contributed by atoms with Crippen molar-refractivity contribution in [3.63, 3.8) is 0 Å². The maximum Gasteiger partial charge on any atom is 0.263 e. The van der Waals surface area contributed by atoms with Crippen LogP contribution in [0.15, 0.2) is 58.0 Å². The van der Waals surface area contributed by atoms with E-state index < -0.39 is 21.7 Å². The predicted octanol–water partition coefficient (Wildman–Crippen LogP) is 4.58. The van der Waals surface area contributed by atoms with Gasteiger partial charge in [-0.05, 0) is 35.9 Å². The van der Waals surface area contributed by atoms with E-state index in [4.69, 9.17) is 0 Å². The highest BCUT2D eigenvalue weighted by molar-refractivity contribution is 9.10. The van der Waals surface area contributed by atoms with E-state index in [2.05, 4.69) is 25.6 Å². The largest absolute Gasteiger partial charge is 0.263 e. The molecule has 3 aromatic rings. The van der Waals surface area contributed by atoms with Crippen molar-refractivity contribution in [2.24, 2.45) is 0 Å². The number of halogens is 3. The fourth-order valence-corrected chi connectivity index (χ4v) is 4.78. The summed E-state index contributed by atoms with van der Waals surface area (Å²) in [6, 6.07) is 9.95. The Morgan fingerprint density at radius 2 is 1.92 bits per heavy atom. The van der Waals surface area contributed by atoms with Crippen LogP contribution in [0, 0.1) is 11.6 Å². The fraction of sp³-hybridized carbons (Fsp3) is 0.0625. The summed E-state index contributed by atoms with van der Waals surface area (Å²) < 4.78 is 54.0. The van der Waals surface area contributed by atoms with Crippen molar-refractivity contribution in [3.8, 4) is 0 Å². The van der Waals surface area contributed by atoms with Gasteiger partial charge >= 0.3 is 0 Å². The zero-order valence-electron chi connectivity index (χ0n) is 12.5. The van der Waals surface area contributed by atoms with Crippen molar-refractivity contribution in [3.05, 3.63) is 75.2 Å². The summed E-state index contributed by atoms with van der Waals surface area (Å²) in [6.07, 6.45) is 1.83. The molecule has 0 saturated heterocycles. The van der Waals surface area contributed by atoms with Crippen LogP contribution in [0.5, 0.6) is 0 Å². The topological polar surface area (TPSA) is 59.1 Å². The molecule has 1 aromatic heterocycles. The van der Waals surface area contributed by atoms with Crippen LogP contribution in [0.2, 0.25) is 0 Å². The molecule has 0 atom stereocenters.